The molecule has 0 aliphatic heterocycles. The van der Waals surface area contributed by atoms with Crippen molar-refractivity contribution in [1.82, 2.24) is 0 Å². The average molecular weight is 420 g/mol. The topological polar surface area (TPSA) is 78.4 Å². The largest absolute Gasteiger partial charge is 0.507 e. The monoisotopic (exact) mass is 420 g/mol. The van der Waals surface area contributed by atoms with Crippen molar-refractivity contribution in [2.45, 2.75) is 6.92 Å². The molecule has 4 aromatic carbocycles. The van der Waals surface area contributed by atoms with Crippen LogP contribution in [0, 0.1) is 6.92 Å². The van der Waals surface area contributed by atoms with Gasteiger partial charge in [-0.25, -0.2) is 0 Å². The molecule has 1 aliphatic carbocycles. The number of hydrogen-bond acceptors (Lipinski definition) is 5. The third-order valence-electron chi connectivity index (χ3n) is 5.61. The van der Waals surface area contributed by atoms with Crippen LogP contribution in [0.25, 0.3) is 0 Å². The molecule has 5 heteroatoms. The zero-order valence-electron chi connectivity index (χ0n) is 17.3. The zero-order valence-corrected chi connectivity index (χ0v) is 17.3. The molecule has 0 saturated heterocycles. The Balaban J connectivity index is 1.73. The van der Waals surface area contributed by atoms with Crippen LogP contribution in [0.3, 0.4) is 0 Å². The van der Waals surface area contributed by atoms with E-state index >= 15 is 0 Å². The smallest absolute Gasteiger partial charge is 0.200 e. The molecule has 3 N–H and O–H groups in total. The van der Waals surface area contributed by atoms with E-state index in [4.69, 9.17) is 0 Å². The van der Waals surface area contributed by atoms with Gasteiger partial charge in [0, 0.05) is 16.9 Å². The number of rotatable bonds is 4. The van der Waals surface area contributed by atoms with Crippen LogP contribution >= 0.6 is 0 Å². The first kappa shape index (κ1) is 19.6. The standard InChI is InChI=1S/C27H20N2O3/c1-16-12-15-21(30)25-22(16)26(31)23-19(28-17-8-4-2-5-9-17)13-14-20(24(23)27(25)32)29-18-10-6-3-7-11-18/h2-15,28-30H,1H3. The number of hydrogen-bond donors (Lipinski definition) is 3. The molecule has 5 rings (SSSR count). The van der Waals surface area contributed by atoms with Crippen molar-refractivity contribution in [3.8, 4) is 5.75 Å². The maximum atomic E-state index is 13.7. The number of carbonyl (C=O) groups excluding carboxylic acids is 2. The Morgan fingerprint density at radius 1 is 0.562 bits per heavy atom. The van der Waals surface area contributed by atoms with Crippen LogP contribution in [0.15, 0.2) is 84.9 Å². The minimum absolute atomic E-state index is 0.0514. The van der Waals surface area contributed by atoms with Crippen LogP contribution in [-0.4, -0.2) is 16.7 Å². The number of aromatic hydroxyl groups is 1. The minimum Gasteiger partial charge on any atom is -0.507 e. The highest BCUT2D eigenvalue weighted by atomic mass is 16.3. The SMILES string of the molecule is Cc1ccc(O)c2c1C(=O)c1c(Nc3ccccc3)ccc(Nc3ccccc3)c1C2=O. The number of benzene rings is 4. The molecular formula is C27H20N2O3. The lowest BCUT2D eigenvalue weighted by atomic mass is 9.80. The molecule has 0 atom stereocenters. The van der Waals surface area contributed by atoms with Crippen LogP contribution in [0.5, 0.6) is 5.75 Å². The molecule has 0 aromatic heterocycles. The first-order valence-corrected chi connectivity index (χ1v) is 10.3. The van der Waals surface area contributed by atoms with Crippen LogP contribution in [0.1, 0.15) is 37.4 Å². The summed E-state index contributed by atoms with van der Waals surface area (Å²) in [5.74, 6) is -0.870. The van der Waals surface area contributed by atoms with Crippen molar-refractivity contribution in [2.24, 2.45) is 0 Å². The summed E-state index contributed by atoms with van der Waals surface area (Å²) in [7, 11) is 0. The van der Waals surface area contributed by atoms with Gasteiger partial charge in [-0.1, -0.05) is 42.5 Å². The summed E-state index contributed by atoms with van der Waals surface area (Å²) in [4.78, 5) is 27.4. The lowest BCUT2D eigenvalue weighted by molar-refractivity contribution is 0.0977. The van der Waals surface area contributed by atoms with E-state index < -0.39 is 0 Å². The van der Waals surface area contributed by atoms with Gasteiger partial charge >= 0.3 is 0 Å². The number of phenols is 1. The fourth-order valence-corrected chi connectivity index (χ4v) is 4.10. The fourth-order valence-electron chi connectivity index (χ4n) is 4.10. The van der Waals surface area contributed by atoms with E-state index in [0.29, 0.717) is 22.5 Å². The first-order valence-electron chi connectivity index (χ1n) is 10.3. The molecule has 0 heterocycles. The van der Waals surface area contributed by atoms with Crippen molar-refractivity contribution in [3.05, 3.63) is 113 Å². The van der Waals surface area contributed by atoms with E-state index in [9.17, 15) is 14.7 Å². The van der Waals surface area contributed by atoms with E-state index in [0.717, 1.165) is 11.4 Å². The van der Waals surface area contributed by atoms with Gasteiger partial charge in [0.05, 0.1) is 28.1 Å². The lowest BCUT2D eigenvalue weighted by Crippen LogP contribution is -2.24. The molecule has 4 aromatic rings. The van der Waals surface area contributed by atoms with Gasteiger partial charge in [0.1, 0.15) is 5.75 Å². The second-order valence-corrected chi connectivity index (χ2v) is 7.70. The Morgan fingerprint density at radius 2 is 1.03 bits per heavy atom. The molecule has 0 radical (unpaired) electrons. The maximum Gasteiger partial charge on any atom is 0.200 e. The minimum atomic E-state index is -0.383. The Kier molecular flexibility index (Phi) is 4.71. The molecule has 0 amide bonds. The number of aryl methyl sites for hydroxylation is 1. The molecule has 0 spiro atoms. The molecule has 0 fully saturated rings. The molecule has 32 heavy (non-hydrogen) atoms. The number of ketones is 2. The highest BCUT2D eigenvalue weighted by molar-refractivity contribution is 6.33. The molecular weight excluding hydrogens is 400 g/mol. The summed E-state index contributed by atoms with van der Waals surface area (Å²) in [6.45, 7) is 1.77. The number of phenolic OH excluding ortho intramolecular Hbond substituents is 1. The summed E-state index contributed by atoms with van der Waals surface area (Å²) in [6.07, 6.45) is 0. The molecule has 0 bridgehead atoms. The van der Waals surface area contributed by atoms with Gasteiger partial charge in [0.25, 0.3) is 0 Å². The van der Waals surface area contributed by atoms with E-state index in [2.05, 4.69) is 10.6 Å². The van der Waals surface area contributed by atoms with E-state index in [1.165, 1.54) is 6.07 Å². The first-order chi connectivity index (χ1) is 15.5. The quantitative estimate of drug-likeness (QED) is 0.334. The van der Waals surface area contributed by atoms with Crippen molar-refractivity contribution in [3.63, 3.8) is 0 Å². The van der Waals surface area contributed by atoms with Gasteiger partial charge in [-0.2, -0.15) is 0 Å². The summed E-state index contributed by atoms with van der Waals surface area (Å²) in [6, 6.07) is 25.6. The van der Waals surface area contributed by atoms with Gasteiger partial charge in [-0.3, -0.25) is 9.59 Å². The predicted octanol–water partition coefficient (Wildman–Crippen LogP) is 5.96. The van der Waals surface area contributed by atoms with Crippen molar-refractivity contribution >= 4 is 34.3 Å². The van der Waals surface area contributed by atoms with E-state index in [1.807, 2.05) is 60.7 Å². The van der Waals surface area contributed by atoms with Crippen LogP contribution in [0.2, 0.25) is 0 Å². The molecule has 0 saturated carbocycles. The third kappa shape index (κ3) is 3.20. The number of nitrogens with one attached hydrogen (secondary N) is 2. The Morgan fingerprint density at radius 3 is 1.53 bits per heavy atom. The van der Waals surface area contributed by atoms with E-state index in [1.54, 1.807) is 25.1 Å². The second kappa shape index (κ2) is 7.71. The number of para-hydroxylation sites is 2. The number of anilines is 4. The summed E-state index contributed by atoms with van der Waals surface area (Å²) < 4.78 is 0. The van der Waals surface area contributed by atoms with Crippen LogP contribution in [-0.2, 0) is 0 Å². The Labute approximate surface area is 185 Å². The Hall–Kier alpha value is -4.38. The van der Waals surface area contributed by atoms with Gasteiger partial charge in [0.2, 0.25) is 0 Å². The van der Waals surface area contributed by atoms with Crippen molar-refractivity contribution in [2.75, 3.05) is 10.6 Å². The van der Waals surface area contributed by atoms with Gasteiger partial charge in [-0.15, -0.1) is 0 Å². The second-order valence-electron chi connectivity index (χ2n) is 7.70. The predicted molar refractivity (Wildman–Crippen MR) is 126 cm³/mol. The Bertz CT molecular complexity index is 1260. The molecule has 156 valence electrons. The normalized spacial score (nSPS) is 12.2. The summed E-state index contributed by atoms with van der Waals surface area (Å²) in [5, 5.41) is 17.0. The van der Waals surface area contributed by atoms with Crippen molar-refractivity contribution in [1.29, 1.82) is 0 Å². The molecule has 0 unspecified atom stereocenters. The third-order valence-corrected chi connectivity index (χ3v) is 5.61. The number of carbonyl (C=O) groups is 2. The van der Waals surface area contributed by atoms with Crippen LogP contribution in [0.4, 0.5) is 22.7 Å². The van der Waals surface area contributed by atoms with E-state index in [-0.39, 0.29) is 34.0 Å². The summed E-state index contributed by atoms with van der Waals surface area (Å²) in [5.41, 5.74) is 4.12. The van der Waals surface area contributed by atoms with Gasteiger partial charge in [-0.05, 0) is 55.0 Å². The highest BCUT2D eigenvalue weighted by Gasteiger charge is 2.37. The van der Waals surface area contributed by atoms with Gasteiger partial charge in [0.15, 0.2) is 11.6 Å². The maximum absolute atomic E-state index is 13.7. The fraction of sp³-hybridized carbons (Fsp3) is 0.0370. The van der Waals surface area contributed by atoms with Crippen molar-refractivity contribution < 1.29 is 14.7 Å². The lowest BCUT2D eigenvalue weighted by Gasteiger charge is -2.25. The van der Waals surface area contributed by atoms with Crippen LogP contribution < -0.4 is 10.6 Å². The van der Waals surface area contributed by atoms with Gasteiger partial charge < -0.3 is 15.7 Å². The molecule has 5 nitrogen and oxygen atoms in total. The highest BCUT2D eigenvalue weighted by Crippen LogP contribution is 2.41. The summed E-state index contributed by atoms with van der Waals surface area (Å²) >= 11 is 0. The molecule has 1 aliphatic rings. The average Bonchev–Trinajstić information content (AvgIpc) is 2.81. The number of fused-ring (bicyclic) bond motifs is 2. The zero-order chi connectivity index (χ0) is 22.2.